The summed E-state index contributed by atoms with van der Waals surface area (Å²) in [6.07, 6.45) is 2.49. The van der Waals surface area contributed by atoms with Crippen LogP contribution in [-0.2, 0) is 18.3 Å². The Labute approximate surface area is 158 Å². The van der Waals surface area contributed by atoms with Crippen molar-refractivity contribution in [3.63, 3.8) is 0 Å². The van der Waals surface area contributed by atoms with Crippen LogP contribution in [0.3, 0.4) is 0 Å². The van der Waals surface area contributed by atoms with Crippen LogP contribution in [0, 0.1) is 5.41 Å². The molecule has 1 aliphatic rings. The Morgan fingerprint density at radius 1 is 1.26 bits per heavy atom. The van der Waals surface area contributed by atoms with Gasteiger partial charge in [-0.1, -0.05) is 30.3 Å². The van der Waals surface area contributed by atoms with E-state index >= 15 is 0 Å². The maximum Gasteiger partial charge on any atom is 0.314 e. The minimum Gasteiger partial charge on any atom is -0.481 e. The number of amides is 1. The fourth-order valence-corrected chi connectivity index (χ4v) is 3.81. The molecule has 1 amide bonds. The van der Waals surface area contributed by atoms with Gasteiger partial charge in [0.15, 0.2) is 0 Å². The summed E-state index contributed by atoms with van der Waals surface area (Å²) < 4.78 is 1.48. The van der Waals surface area contributed by atoms with Crippen molar-refractivity contribution in [3.05, 3.63) is 53.9 Å². The van der Waals surface area contributed by atoms with E-state index in [0.29, 0.717) is 25.1 Å². The number of carboxylic acids is 1. The van der Waals surface area contributed by atoms with E-state index in [9.17, 15) is 19.8 Å². The molecule has 2 heterocycles. The molecule has 1 fully saturated rings. The quantitative estimate of drug-likeness (QED) is 0.806. The van der Waals surface area contributed by atoms with E-state index in [1.54, 1.807) is 13.1 Å². The third kappa shape index (κ3) is 3.88. The first-order valence-electron chi connectivity index (χ1n) is 9.17. The van der Waals surface area contributed by atoms with Crippen molar-refractivity contribution in [2.45, 2.75) is 31.8 Å². The third-order valence-corrected chi connectivity index (χ3v) is 5.47. The molecule has 0 aliphatic carbocycles. The Bertz CT molecular complexity index is 805. The van der Waals surface area contributed by atoms with Gasteiger partial charge in [0.25, 0.3) is 5.91 Å². The lowest BCUT2D eigenvalue weighted by Crippen LogP contribution is -2.57. The molecule has 0 radical (unpaired) electrons. The zero-order chi connectivity index (χ0) is 19.4. The number of carbonyl (C=O) groups is 2. The lowest BCUT2D eigenvalue weighted by atomic mass is 9.73. The van der Waals surface area contributed by atoms with Crippen molar-refractivity contribution in [2.75, 3.05) is 13.1 Å². The Morgan fingerprint density at radius 3 is 2.63 bits per heavy atom. The van der Waals surface area contributed by atoms with E-state index in [1.807, 2.05) is 30.3 Å². The molecule has 2 atom stereocenters. The molecule has 1 aromatic heterocycles. The molecule has 2 N–H and O–H groups in total. The van der Waals surface area contributed by atoms with Crippen LogP contribution in [0.15, 0.2) is 42.6 Å². The van der Waals surface area contributed by atoms with Crippen LogP contribution in [0.1, 0.15) is 35.3 Å². The van der Waals surface area contributed by atoms with Gasteiger partial charge in [-0.3, -0.25) is 14.3 Å². The van der Waals surface area contributed by atoms with Crippen LogP contribution in [0.4, 0.5) is 0 Å². The van der Waals surface area contributed by atoms with Crippen molar-refractivity contribution in [1.82, 2.24) is 14.7 Å². The van der Waals surface area contributed by atoms with Gasteiger partial charge in [-0.2, -0.15) is 5.10 Å². The largest absolute Gasteiger partial charge is 0.481 e. The summed E-state index contributed by atoms with van der Waals surface area (Å²) in [5, 5.41) is 24.5. The number of nitrogens with zero attached hydrogens (tertiary/aromatic N) is 3. The molecule has 1 aromatic carbocycles. The summed E-state index contributed by atoms with van der Waals surface area (Å²) in [5.74, 6) is -1.30. The van der Waals surface area contributed by atoms with Crippen LogP contribution < -0.4 is 0 Å². The van der Waals surface area contributed by atoms with Gasteiger partial charge < -0.3 is 15.1 Å². The van der Waals surface area contributed by atoms with E-state index in [-0.39, 0.29) is 18.9 Å². The fraction of sp³-hybridized carbons (Fsp3) is 0.450. The Balaban J connectivity index is 1.74. The standard InChI is InChI=1S/C20H25N3O4/c1-22-16(9-12-21-22)18(25)23-13-10-17(24)20(14-23,19(26)27)11-5-8-15-6-3-2-4-7-15/h2-4,6-7,9,12,17,24H,5,8,10-11,13-14H2,1H3,(H,26,27)/t17-,20-/m1/s1. The number of aliphatic hydroxyl groups excluding tert-OH is 1. The summed E-state index contributed by atoms with van der Waals surface area (Å²) in [6.45, 7) is 0.335. The van der Waals surface area contributed by atoms with Crippen LogP contribution in [0.25, 0.3) is 0 Å². The first-order chi connectivity index (χ1) is 12.9. The topological polar surface area (TPSA) is 95.7 Å². The molecule has 0 saturated carbocycles. The number of hydrogen-bond acceptors (Lipinski definition) is 4. The highest BCUT2D eigenvalue weighted by atomic mass is 16.4. The average Bonchev–Trinajstić information content (AvgIpc) is 3.09. The summed E-state index contributed by atoms with van der Waals surface area (Å²) in [5.41, 5.74) is 0.197. The van der Waals surface area contributed by atoms with Gasteiger partial charge in [0.05, 0.1) is 6.10 Å². The number of piperidine rings is 1. The zero-order valence-corrected chi connectivity index (χ0v) is 15.4. The van der Waals surface area contributed by atoms with E-state index in [4.69, 9.17) is 0 Å². The predicted molar refractivity (Wildman–Crippen MR) is 99.2 cm³/mol. The molecule has 0 bridgehead atoms. The van der Waals surface area contributed by atoms with E-state index in [1.165, 1.54) is 15.8 Å². The van der Waals surface area contributed by atoms with Gasteiger partial charge in [0, 0.05) is 26.3 Å². The first-order valence-corrected chi connectivity index (χ1v) is 9.17. The number of benzene rings is 1. The van der Waals surface area contributed by atoms with Crippen LogP contribution >= 0.6 is 0 Å². The minimum absolute atomic E-state index is 0.00228. The highest BCUT2D eigenvalue weighted by Crippen LogP contribution is 2.36. The monoisotopic (exact) mass is 371 g/mol. The minimum atomic E-state index is -1.35. The lowest BCUT2D eigenvalue weighted by molar-refractivity contribution is -0.162. The first kappa shape index (κ1) is 19.1. The molecule has 3 rings (SSSR count). The molecule has 7 nitrogen and oxygen atoms in total. The smallest absolute Gasteiger partial charge is 0.314 e. The second-order valence-electron chi connectivity index (χ2n) is 7.17. The molecule has 2 aromatic rings. The van der Waals surface area contributed by atoms with Gasteiger partial charge in [-0.05, 0) is 37.3 Å². The summed E-state index contributed by atoms with van der Waals surface area (Å²) in [7, 11) is 1.68. The van der Waals surface area contributed by atoms with Crippen LogP contribution in [0.5, 0.6) is 0 Å². The molecule has 7 heteroatoms. The van der Waals surface area contributed by atoms with E-state index in [2.05, 4.69) is 5.10 Å². The molecule has 1 aliphatic heterocycles. The number of aryl methyl sites for hydroxylation is 2. The Kier molecular flexibility index (Phi) is 5.60. The van der Waals surface area contributed by atoms with E-state index in [0.717, 1.165) is 12.0 Å². The van der Waals surface area contributed by atoms with Crippen molar-refractivity contribution in [1.29, 1.82) is 0 Å². The normalized spacial score (nSPS) is 22.6. The number of carboxylic acid groups (broad SMARTS) is 1. The molecular formula is C20H25N3O4. The maximum absolute atomic E-state index is 12.8. The molecule has 0 spiro atoms. The van der Waals surface area contributed by atoms with Crippen molar-refractivity contribution >= 4 is 11.9 Å². The van der Waals surface area contributed by atoms with E-state index < -0.39 is 17.5 Å². The van der Waals surface area contributed by atoms with Gasteiger partial charge in [-0.25, -0.2) is 0 Å². The third-order valence-electron chi connectivity index (χ3n) is 5.47. The second kappa shape index (κ2) is 7.92. The molecule has 1 saturated heterocycles. The predicted octanol–water partition coefficient (Wildman–Crippen LogP) is 1.72. The summed E-state index contributed by atoms with van der Waals surface area (Å²) >= 11 is 0. The number of aliphatic carboxylic acids is 1. The molecule has 144 valence electrons. The summed E-state index contributed by atoms with van der Waals surface area (Å²) in [4.78, 5) is 26.4. The number of aliphatic hydroxyl groups is 1. The molecule has 27 heavy (non-hydrogen) atoms. The highest BCUT2D eigenvalue weighted by molar-refractivity contribution is 5.93. The Morgan fingerprint density at radius 2 is 2.00 bits per heavy atom. The lowest BCUT2D eigenvalue weighted by Gasteiger charge is -2.43. The summed E-state index contributed by atoms with van der Waals surface area (Å²) in [6, 6.07) is 11.5. The van der Waals surface area contributed by atoms with Crippen molar-refractivity contribution < 1.29 is 19.8 Å². The second-order valence-corrected chi connectivity index (χ2v) is 7.17. The number of aromatic nitrogens is 2. The number of hydrogen-bond donors (Lipinski definition) is 2. The SMILES string of the molecule is Cn1nccc1C(=O)N1CC[C@@H](O)[C@](CCCc2ccccc2)(C(=O)O)C1. The van der Waals surface area contributed by atoms with Crippen molar-refractivity contribution in [2.24, 2.45) is 12.5 Å². The molecular weight excluding hydrogens is 346 g/mol. The fourth-order valence-electron chi connectivity index (χ4n) is 3.81. The van der Waals surface area contributed by atoms with Crippen LogP contribution in [-0.4, -0.2) is 56.0 Å². The number of carbonyl (C=O) groups excluding carboxylic acids is 1. The Hall–Kier alpha value is -2.67. The van der Waals surface area contributed by atoms with Crippen molar-refractivity contribution in [3.8, 4) is 0 Å². The van der Waals surface area contributed by atoms with Gasteiger partial charge in [0.1, 0.15) is 11.1 Å². The van der Waals surface area contributed by atoms with Gasteiger partial charge >= 0.3 is 5.97 Å². The maximum atomic E-state index is 12.8. The molecule has 0 unspecified atom stereocenters. The highest BCUT2D eigenvalue weighted by Gasteiger charge is 2.49. The van der Waals surface area contributed by atoms with Gasteiger partial charge in [-0.15, -0.1) is 0 Å². The van der Waals surface area contributed by atoms with Gasteiger partial charge in [0.2, 0.25) is 0 Å². The van der Waals surface area contributed by atoms with Crippen LogP contribution in [0.2, 0.25) is 0 Å². The average molecular weight is 371 g/mol. The zero-order valence-electron chi connectivity index (χ0n) is 15.4. The number of rotatable bonds is 6. The number of likely N-dealkylation sites (tertiary alicyclic amines) is 1.